The van der Waals surface area contributed by atoms with Crippen LogP contribution in [0.15, 0.2) is 24.3 Å². The van der Waals surface area contributed by atoms with E-state index < -0.39 is 17.9 Å². The standard InChI is InChI=1S/C19H26N2O4/c1-2-7-16(19(24)25)21-18(23)14-10-6-11-15(12-14)20-17(22)13-8-4-3-5-9-13/h6,10-13,16H,2-5,7-9H2,1H3,(H,20,22)(H,21,23)(H,24,25). The Labute approximate surface area is 148 Å². The molecule has 0 radical (unpaired) electrons. The molecule has 0 aromatic heterocycles. The number of carboxylic acids is 1. The van der Waals surface area contributed by atoms with Gasteiger partial charge in [0.2, 0.25) is 5.91 Å². The Balaban J connectivity index is 2.00. The van der Waals surface area contributed by atoms with Crippen LogP contribution in [0.4, 0.5) is 5.69 Å². The SMILES string of the molecule is CCCC(NC(=O)c1cccc(NC(=O)C2CCCCC2)c1)C(=O)O. The molecule has 1 fully saturated rings. The van der Waals surface area contributed by atoms with E-state index in [1.165, 1.54) is 6.42 Å². The highest BCUT2D eigenvalue weighted by molar-refractivity contribution is 5.99. The second-order valence-corrected chi connectivity index (χ2v) is 6.56. The summed E-state index contributed by atoms with van der Waals surface area (Å²) >= 11 is 0. The predicted octanol–water partition coefficient (Wildman–Crippen LogP) is 3.19. The number of carboxylic acid groups (broad SMARTS) is 1. The van der Waals surface area contributed by atoms with Crippen LogP contribution in [0.1, 0.15) is 62.2 Å². The maximum Gasteiger partial charge on any atom is 0.326 e. The zero-order chi connectivity index (χ0) is 18.2. The van der Waals surface area contributed by atoms with Gasteiger partial charge in [-0.05, 0) is 37.5 Å². The molecule has 3 N–H and O–H groups in total. The van der Waals surface area contributed by atoms with Crippen LogP contribution in [0.25, 0.3) is 0 Å². The van der Waals surface area contributed by atoms with Gasteiger partial charge < -0.3 is 15.7 Å². The lowest BCUT2D eigenvalue weighted by Gasteiger charge is -2.21. The highest BCUT2D eigenvalue weighted by Crippen LogP contribution is 2.25. The van der Waals surface area contributed by atoms with E-state index in [4.69, 9.17) is 5.11 Å². The molecule has 0 spiro atoms. The average molecular weight is 346 g/mol. The van der Waals surface area contributed by atoms with Crippen molar-refractivity contribution in [1.82, 2.24) is 5.32 Å². The molecule has 1 unspecified atom stereocenters. The highest BCUT2D eigenvalue weighted by Gasteiger charge is 2.22. The van der Waals surface area contributed by atoms with Crippen LogP contribution in [0.5, 0.6) is 0 Å². The zero-order valence-corrected chi connectivity index (χ0v) is 14.6. The smallest absolute Gasteiger partial charge is 0.326 e. The molecule has 1 aromatic carbocycles. The summed E-state index contributed by atoms with van der Waals surface area (Å²) in [4.78, 5) is 35.8. The van der Waals surface area contributed by atoms with E-state index in [2.05, 4.69) is 10.6 Å². The van der Waals surface area contributed by atoms with Gasteiger partial charge in [0.05, 0.1) is 0 Å². The van der Waals surface area contributed by atoms with Crippen LogP contribution in [-0.2, 0) is 9.59 Å². The minimum Gasteiger partial charge on any atom is -0.480 e. The second-order valence-electron chi connectivity index (χ2n) is 6.56. The minimum absolute atomic E-state index is 0.00773. The summed E-state index contributed by atoms with van der Waals surface area (Å²) in [7, 11) is 0. The molecule has 1 aliphatic rings. The number of carbonyl (C=O) groups excluding carboxylic acids is 2. The fourth-order valence-electron chi connectivity index (χ4n) is 3.13. The molecule has 0 heterocycles. The lowest BCUT2D eigenvalue weighted by molar-refractivity contribution is -0.139. The van der Waals surface area contributed by atoms with E-state index in [1.54, 1.807) is 24.3 Å². The molecular weight excluding hydrogens is 320 g/mol. The maximum absolute atomic E-state index is 12.3. The first-order chi connectivity index (χ1) is 12.0. The van der Waals surface area contributed by atoms with Gasteiger partial charge in [-0.2, -0.15) is 0 Å². The van der Waals surface area contributed by atoms with Crippen molar-refractivity contribution in [2.45, 2.75) is 57.9 Å². The summed E-state index contributed by atoms with van der Waals surface area (Å²) in [6.07, 6.45) is 6.19. The summed E-state index contributed by atoms with van der Waals surface area (Å²) in [5.74, 6) is -1.47. The monoisotopic (exact) mass is 346 g/mol. The first-order valence-electron chi connectivity index (χ1n) is 8.96. The van der Waals surface area contributed by atoms with Crippen molar-refractivity contribution < 1.29 is 19.5 Å². The summed E-state index contributed by atoms with van der Waals surface area (Å²) in [5.41, 5.74) is 0.898. The Morgan fingerprint density at radius 2 is 1.92 bits per heavy atom. The molecule has 1 atom stereocenters. The van der Waals surface area contributed by atoms with E-state index >= 15 is 0 Å². The van der Waals surface area contributed by atoms with Gasteiger partial charge in [0, 0.05) is 17.2 Å². The fourth-order valence-corrected chi connectivity index (χ4v) is 3.13. The molecule has 2 amide bonds. The van der Waals surface area contributed by atoms with Crippen LogP contribution in [0.3, 0.4) is 0 Å². The third-order valence-corrected chi connectivity index (χ3v) is 4.55. The summed E-state index contributed by atoms with van der Waals surface area (Å²) < 4.78 is 0. The molecule has 1 aromatic rings. The van der Waals surface area contributed by atoms with E-state index in [9.17, 15) is 14.4 Å². The average Bonchev–Trinajstić information content (AvgIpc) is 2.62. The van der Waals surface area contributed by atoms with Crippen molar-refractivity contribution in [3.05, 3.63) is 29.8 Å². The number of anilines is 1. The predicted molar refractivity (Wildman–Crippen MR) is 95.4 cm³/mol. The molecule has 2 rings (SSSR count). The maximum atomic E-state index is 12.3. The van der Waals surface area contributed by atoms with E-state index in [1.807, 2.05) is 6.92 Å². The number of aliphatic carboxylic acids is 1. The Bertz CT molecular complexity index is 624. The first-order valence-corrected chi connectivity index (χ1v) is 8.96. The van der Waals surface area contributed by atoms with Gasteiger partial charge >= 0.3 is 5.97 Å². The summed E-state index contributed by atoms with van der Waals surface area (Å²) in [5, 5.41) is 14.5. The lowest BCUT2D eigenvalue weighted by atomic mass is 9.88. The van der Waals surface area contributed by atoms with Crippen molar-refractivity contribution in [2.75, 3.05) is 5.32 Å². The van der Waals surface area contributed by atoms with Crippen molar-refractivity contribution in [2.24, 2.45) is 5.92 Å². The Kier molecular flexibility index (Phi) is 6.98. The molecule has 1 aliphatic carbocycles. The molecule has 6 heteroatoms. The molecule has 1 saturated carbocycles. The van der Waals surface area contributed by atoms with Crippen molar-refractivity contribution >= 4 is 23.5 Å². The molecule has 25 heavy (non-hydrogen) atoms. The summed E-state index contributed by atoms with van der Waals surface area (Å²) in [6.45, 7) is 1.86. The van der Waals surface area contributed by atoms with Crippen LogP contribution in [0.2, 0.25) is 0 Å². The quantitative estimate of drug-likeness (QED) is 0.706. The minimum atomic E-state index is -1.04. The fraction of sp³-hybridized carbons (Fsp3) is 0.526. The van der Waals surface area contributed by atoms with Crippen molar-refractivity contribution in [3.63, 3.8) is 0 Å². The number of rotatable bonds is 7. The Morgan fingerprint density at radius 1 is 1.20 bits per heavy atom. The van der Waals surface area contributed by atoms with Gasteiger partial charge in [-0.3, -0.25) is 9.59 Å². The number of amides is 2. The van der Waals surface area contributed by atoms with E-state index in [0.717, 1.165) is 25.7 Å². The molecule has 0 bridgehead atoms. The lowest BCUT2D eigenvalue weighted by Crippen LogP contribution is -2.40. The zero-order valence-electron chi connectivity index (χ0n) is 14.6. The van der Waals surface area contributed by atoms with Gasteiger partial charge in [0.1, 0.15) is 6.04 Å². The molecular formula is C19H26N2O4. The van der Waals surface area contributed by atoms with Crippen molar-refractivity contribution in [1.29, 1.82) is 0 Å². The number of hydrogen-bond donors (Lipinski definition) is 3. The third-order valence-electron chi connectivity index (χ3n) is 4.55. The first kappa shape index (κ1) is 19.0. The third kappa shape index (κ3) is 5.59. The van der Waals surface area contributed by atoms with Crippen LogP contribution in [-0.4, -0.2) is 28.9 Å². The Hall–Kier alpha value is -2.37. The van der Waals surface area contributed by atoms with Gasteiger partial charge in [-0.1, -0.05) is 38.7 Å². The Morgan fingerprint density at radius 3 is 2.56 bits per heavy atom. The number of benzene rings is 1. The number of nitrogens with one attached hydrogen (secondary N) is 2. The molecule has 0 aliphatic heterocycles. The summed E-state index contributed by atoms with van der Waals surface area (Å²) in [6, 6.07) is 5.70. The number of carbonyl (C=O) groups is 3. The van der Waals surface area contributed by atoms with Gasteiger partial charge in [0.25, 0.3) is 5.91 Å². The largest absolute Gasteiger partial charge is 0.480 e. The van der Waals surface area contributed by atoms with Crippen LogP contribution < -0.4 is 10.6 Å². The normalized spacial score (nSPS) is 16.0. The van der Waals surface area contributed by atoms with Gasteiger partial charge in [-0.25, -0.2) is 4.79 Å². The topological polar surface area (TPSA) is 95.5 Å². The molecule has 0 saturated heterocycles. The van der Waals surface area contributed by atoms with Crippen LogP contribution >= 0.6 is 0 Å². The molecule has 6 nitrogen and oxygen atoms in total. The molecule has 136 valence electrons. The van der Waals surface area contributed by atoms with E-state index in [0.29, 0.717) is 24.1 Å². The van der Waals surface area contributed by atoms with E-state index in [-0.39, 0.29) is 11.8 Å². The number of hydrogen-bond acceptors (Lipinski definition) is 3. The highest BCUT2D eigenvalue weighted by atomic mass is 16.4. The van der Waals surface area contributed by atoms with Gasteiger partial charge in [0.15, 0.2) is 0 Å². The van der Waals surface area contributed by atoms with Gasteiger partial charge in [-0.15, -0.1) is 0 Å². The van der Waals surface area contributed by atoms with Crippen LogP contribution in [0, 0.1) is 5.92 Å². The second kappa shape index (κ2) is 9.20. The van der Waals surface area contributed by atoms with Crippen molar-refractivity contribution in [3.8, 4) is 0 Å².